The van der Waals surface area contributed by atoms with Crippen molar-refractivity contribution in [3.05, 3.63) is 24.0 Å². The van der Waals surface area contributed by atoms with Crippen molar-refractivity contribution in [3.8, 4) is 0 Å². The van der Waals surface area contributed by atoms with E-state index in [4.69, 9.17) is 0 Å². The number of amides is 1. The van der Waals surface area contributed by atoms with Gasteiger partial charge in [-0.2, -0.15) is 0 Å². The van der Waals surface area contributed by atoms with Gasteiger partial charge in [0.2, 0.25) is 0 Å². The number of carbonyl (C=O) groups is 1. The first-order valence-corrected chi connectivity index (χ1v) is 5.82. The number of rotatable bonds is 3. The van der Waals surface area contributed by atoms with Crippen LogP contribution < -0.4 is 10.6 Å². The summed E-state index contributed by atoms with van der Waals surface area (Å²) in [7, 11) is 0. The summed E-state index contributed by atoms with van der Waals surface area (Å²) < 4.78 is 0. The zero-order valence-corrected chi connectivity index (χ0v) is 9.68. The fourth-order valence-electron chi connectivity index (χ4n) is 2.13. The Morgan fingerprint density at radius 2 is 2.50 bits per heavy atom. The maximum absolute atomic E-state index is 11.7. The van der Waals surface area contributed by atoms with E-state index in [-0.39, 0.29) is 11.3 Å². The second kappa shape index (κ2) is 4.70. The molecule has 0 aromatic carbocycles. The molecule has 0 spiro atoms. The number of hydrogen-bond donors (Lipinski definition) is 3. The van der Waals surface area contributed by atoms with Gasteiger partial charge < -0.3 is 15.6 Å². The molecule has 1 atom stereocenters. The van der Waals surface area contributed by atoms with Crippen LogP contribution in [0.5, 0.6) is 0 Å². The molecule has 0 bridgehead atoms. The van der Waals surface area contributed by atoms with Crippen molar-refractivity contribution in [2.75, 3.05) is 19.6 Å². The van der Waals surface area contributed by atoms with Crippen LogP contribution in [0, 0.1) is 5.41 Å². The summed E-state index contributed by atoms with van der Waals surface area (Å²) in [6.07, 6.45) is 4.12. The van der Waals surface area contributed by atoms with Crippen LogP contribution >= 0.6 is 0 Å². The van der Waals surface area contributed by atoms with E-state index in [1.165, 1.54) is 12.8 Å². The lowest BCUT2D eigenvalue weighted by atomic mass is 9.83. The second-order valence-electron chi connectivity index (χ2n) is 4.86. The molecule has 3 N–H and O–H groups in total. The molecule has 1 aliphatic heterocycles. The molecule has 1 aromatic rings. The predicted octanol–water partition coefficient (Wildman–Crippen LogP) is 1.13. The fourth-order valence-corrected chi connectivity index (χ4v) is 2.13. The lowest BCUT2D eigenvalue weighted by Gasteiger charge is -2.34. The molecule has 4 nitrogen and oxygen atoms in total. The van der Waals surface area contributed by atoms with Crippen molar-refractivity contribution < 1.29 is 4.79 Å². The molecule has 1 amide bonds. The molecule has 2 rings (SSSR count). The van der Waals surface area contributed by atoms with Gasteiger partial charge in [-0.15, -0.1) is 0 Å². The van der Waals surface area contributed by atoms with Crippen LogP contribution in [0.25, 0.3) is 0 Å². The van der Waals surface area contributed by atoms with Gasteiger partial charge in [0.05, 0.1) is 0 Å². The van der Waals surface area contributed by atoms with Crippen LogP contribution in [-0.4, -0.2) is 30.5 Å². The molecule has 16 heavy (non-hydrogen) atoms. The number of H-pyrrole nitrogens is 1. The summed E-state index contributed by atoms with van der Waals surface area (Å²) in [5.41, 5.74) is 0.827. The largest absolute Gasteiger partial charge is 0.357 e. The Hall–Kier alpha value is -1.29. The van der Waals surface area contributed by atoms with Gasteiger partial charge in [-0.25, -0.2) is 0 Å². The van der Waals surface area contributed by atoms with Crippen LogP contribution in [0.1, 0.15) is 30.3 Å². The molecule has 1 fully saturated rings. The van der Waals surface area contributed by atoms with Gasteiger partial charge in [0, 0.05) is 19.3 Å². The van der Waals surface area contributed by atoms with Crippen molar-refractivity contribution >= 4 is 5.91 Å². The summed E-state index contributed by atoms with van der Waals surface area (Å²) in [4.78, 5) is 14.6. The third kappa shape index (κ3) is 2.64. The van der Waals surface area contributed by atoms with Gasteiger partial charge in [-0.3, -0.25) is 4.79 Å². The van der Waals surface area contributed by atoms with Gasteiger partial charge in [0.15, 0.2) is 0 Å². The Bertz CT molecular complexity index is 339. The summed E-state index contributed by atoms with van der Waals surface area (Å²) in [6, 6.07) is 3.62. The maximum atomic E-state index is 11.7. The molecule has 2 heterocycles. The van der Waals surface area contributed by atoms with E-state index in [0.717, 1.165) is 19.6 Å². The molecule has 1 aromatic heterocycles. The SMILES string of the molecule is CC1(CNC(=O)c2ccc[nH]2)CCCNC1. The molecule has 1 saturated heterocycles. The van der Waals surface area contributed by atoms with Gasteiger partial charge in [0.25, 0.3) is 5.91 Å². The Labute approximate surface area is 95.8 Å². The topological polar surface area (TPSA) is 56.9 Å². The molecule has 88 valence electrons. The minimum absolute atomic E-state index is 0.0169. The minimum atomic E-state index is -0.0169. The van der Waals surface area contributed by atoms with E-state index >= 15 is 0 Å². The van der Waals surface area contributed by atoms with E-state index in [0.29, 0.717) is 5.69 Å². The van der Waals surface area contributed by atoms with Crippen LogP contribution in [0.15, 0.2) is 18.3 Å². The first-order chi connectivity index (χ1) is 7.70. The molecular weight excluding hydrogens is 202 g/mol. The quantitative estimate of drug-likeness (QED) is 0.716. The minimum Gasteiger partial charge on any atom is -0.357 e. The van der Waals surface area contributed by atoms with Crippen LogP contribution in [0.2, 0.25) is 0 Å². The van der Waals surface area contributed by atoms with E-state index in [2.05, 4.69) is 22.5 Å². The van der Waals surface area contributed by atoms with Crippen molar-refractivity contribution in [3.63, 3.8) is 0 Å². The molecule has 1 unspecified atom stereocenters. The van der Waals surface area contributed by atoms with Gasteiger partial charge in [-0.1, -0.05) is 6.92 Å². The molecule has 1 aliphatic rings. The van der Waals surface area contributed by atoms with Crippen molar-refractivity contribution in [2.45, 2.75) is 19.8 Å². The third-order valence-electron chi connectivity index (χ3n) is 3.20. The third-order valence-corrected chi connectivity index (χ3v) is 3.20. The highest BCUT2D eigenvalue weighted by Crippen LogP contribution is 2.24. The number of aromatic nitrogens is 1. The van der Waals surface area contributed by atoms with E-state index in [1.54, 1.807) is 12.3 Å². The Morgan fingerprint density at radius 3 is 3.12 bits per heavy atom. The van der Waals surface area contributed by atoms with Gasteiger partial charge in [-0.05, 0) is 36.9 Å². The van der Waals surface area contributed by atoms with Crippen LogP contribution in [0.3, 0.4) is 0 Å². The maximum Gasteiger partial charge on any atom is 0.267 e. The zero-order chi connectivity index (χ0) is 11.4. The number of aromatic amines is 1. The molecule has 4 heteroatoms. The lowest BCUT2D eigenvalue weighted by molar-refractivity contribution is 0.0920. The molecule has 0 saturated carbocycles. The summed E-state index contributed by atoms with van der Waals surface area (Å²) in [5, 5.41) is 6.36. The number of carbonyl (C=O) groups excluding carboxylic acids is 1. The highest BCUT2D eigenvalue weighted by molar-refractivity contribution is 5.92. The highest BCUT2D eigenvalue weighted by Gasteiger charge is 2.27. The molecule has 0 radical (unpaired) electrons. The van der Waals surface area contributed by atoms with Crippen LogP contribution in [0.4, 0.5) is 0 Å². The molecular formula is C12H19N3O. The summed E-state index contributed by atoms with van der Waals surface area (Å²) >= 11 is 0. The summed E-state index contributed by atoms with van der Waals surface area (Å²) in [6.45, 7) is 5.03. The number of piperidine rings is 1. The fraction of sp³-hybridized carbons (Fsp3) is 0.583. The monoisotopic (exact) mass is 221 g/mol. The molecule has 0 aliphatic carbocycles. The first-order valence-electron chi connectivity index (χ1n) is 5.82. The lowest BCUT2D eigenvalue weighted by Crippen LogP contribution is -2.45. The van der Waals surface area contributed by atoms with Gasteiger partial charge >= 0.3 is 0 Å². The average Bonchev–Trinajstić information content (AvgIpc) is 2.80. The Morgan fingerprint density at radius 1 is 1.62 bits per heavy atom. The second-order valence-corrected chi connectivity index (χ2v) is 4.86. The van der Waals surface area contributed by atoms with Crippen molar-refractivity contribution in [1.82, 2.24) is 15.6 Å². The van der Waals surface area contributed by atoms with E-state index in [1.807, 2.05) is 6.07 Å². The number of hydrogen-bond acceptors (Lipinski definition) is 2. The zero-order valence-electron chi connectivity index (χ0n) is 9.68. The summed E-state index contributed by atoms with van der Waals surface area (Å²) in [5.74, 6) is -0.0169. The van der Waals surface area contributed by atoms with E-state index in [9.17, 15) is 4.79 Å². The van der Waals surface area contributed by atoms with Gasteiger partial charge in [0.1, 0.15) is 5.69 Å². The normalized spacial score (nSPS) is 25.3. The smallest absolute Gasteiger partial charge is 0.267 e. The first kappa shape index (κ1) is 11.2. The Kier molecular flexibility index (Phi) is 3.29. The van der Waals surface area contributed by atoms with E-state index < -0.39 is 0 Å². The van der Waals surface area contributed by atoms with Crippen molar-refractivity contribution in [1.29, 1.82) is 0 Å². The number of nitrogens with one attached hydrogen (secondary N) is 3. The van der Waals surface area contributed by atoms with Crippen molar-refractivity contribution in [2.24, 2.45) is 5.41 Å². The average molecular weight is 221 g/mol. The van der Waals surface area contributed by atoms with Crippen LogP contribution in [-0.2, 0) is 0 Å². The predicted molar refractivity (Wildman–Crippen MR) is 63.3 cm³/mol. The standard InChI is InChI=1S/C12H19N3O/c1-12(5-3-6-13-8-12)9-15-11(16)10-4-2-7-14-10/h2,4,7,13-14H,3,5-6,8-9H2,1H3,(H,15,16). The highest BCUT2D eigenvalue weighted by atomic mass is 16.1. The Balaban J connectivity index is 1.84.